The Kier molecular flexibility index (Phi) is 6.10. The van der Waals surface area contributed by atoms with Crippen LogP contribution in [0.25, 0.3) is 0 Å². The van der Waals surface area contributed by atoms with Crippen molar-refractivity contribution in [2.75, 3.05) is 11.9 Å². The number of nitro benzene ring substituents is 1. The van der Waals surface area contributed by atoms with Crippen LogP contribution in [0.1, 0.15) is 33.6 Å². The Morgan fingerprint density at radius 1 is 1.33 bits per heavy atom. The molecule has 0 heterocycles. The summed E-state index contributed by atoms with van der Waals surface area (Å²) < 4.78 is 26.9. The maximum absolute atomic E-state index is 12.2. The van der Waals surface area contributed by atoms with E-state index in [0.717, 1.165) is 6.42 Å². The predicted molar refractivity (Wildman–Crippen MR) is 82.0 cm³/mol. The smallest absolute Gasteiger partial charge is 0.291 e. The Morgan fingerprint density at radius 3 is 2.52 bits per heavy atom. The van der Waals surface area contributed by atoms with Crippen molar-refractivity contribution in [3.63, 3.8) is 0 Å². The van der Waals surface area contributed by atoms with E-state index in [1.807, 2.05) is 13.8 Å². The zero-order chi connectivity index (χ0) is 16.0. The van der Waals surface area contributed by atoms with Gasteiger partial charge in [-0.15, -0.1) is 0 Å². The fraction of sp³-hybridized carbons (Fsp3) is 0.538. The van der Waals surface area contributed by atoms with Gasteiger partial charge in [0, 0.05) is 24.3 Å². The van der Waals surface area contributed by atoms with Crippen LogP contribution in [-0.2, 0) is 10.0 Å². The molecule has 8 heteroatoms. The molecule has 0 aliphatic heterocycles. The van der Waals surface area contributed by atoms with Gasteiger partial charge in [0.2, 0.25) is 10.0 Å². The summed E-state index contributed by atoms with van der Waals surface area (Å²) in [7, 11) is -3.90. The minimum Gasteiger partial charge on any atom is -0.385 e. The number of benzene rings is 1. The van der Waals surface area contributed by atoms with Crippen LogP contribution in [0.4, 0.5) is 11.4 Å². The molecular weight excluding hydrogens is 294 g/mol. The average molecular weight is 315 g/mol. The molecule has 0 aromatic heterocycles. The number of anilines is 1. The Bertz CT molecular complexity index is 601. The molecule has 2 N–H and O–H groups in total. The van der Waals surface area contributed by atoms with Crippen LogP contribution in [0.2, 0.25) is 0 Å². The molecule has 1 rings (SSSR count). The van der Waals surface area contributed by atoms with Crippen LogP contribution in [0.15, 0.2) is 23.1 Å². The lowest BCUT2D eigenvalue weighted by molar-refractivity contribution is -0.387. The molecule has 118 valence electrons. The van der Waals surface area contributed by atoms with Gasteiger partial charge in [0.25, 0.3) is 5.69 Å². The van der Waals surface area contributed by atoms with Crippen molar-refractivity contribution in [1.82, 2.24) is 4.72 Å². The number of nitrogens with one attached hydrogen (secondary N) is 2. The molecule has 1 aromatic rings. The Labute approximate surface area is 124 Å². The largest absolute Gasteiger partial charge is 0.385 e. The van der Waals surface area contributed by atoms with Gasteiger partial charge >= 0.3 is 0 Å². The van der Waals surface area contributed by atoms with E-state index in [1.165, 1.54) is 18.2 Å². The number of nitro groups is 1. The molecule has 0 radical (unpaired) electrons. The van der Waals surface area contributed by atoms with Crippen molar-refractivity contribution in [3.8, 4) is 0 Å². The van der Waals surface area contributed by atoms with Gasteiger partial charge in [-0.1, -0.05) is 13.8 Å². The van der Waals surface area contributed by atoms with Crippen LogP contribution in [-0.4, -0.2) is 25.9 Å². The second kappa shape index (κ2) is 7.37. The van der Waals surface area contributed by atoms with Crippen LogP contribution < -0.4 is 10.0 Å². The van der Waals surface area contributed by atoms with E-state index in [2.05, 4.69) is 10.0 Å². The molecule has 1 aromatic carbocycles. The second-order valence-corrected chi connectivity index (χ2v) is 6.48. The number of sulfonamides is 1. The SMILES string of the molecule is CCCNc1ccc(S(=O)(=O)NC(C)CC)c([N+](=O)[O-])c1. The van der Waals surface area contributed by atoms with Crippen molar-refractivity contribution >= 4 is 21.4 Å². The summed E-state index contributed by atoms with van der Waals surface area (Å²) in [4.78, 5) is 10.1. The summed E-state index contributed by atoms with van der Waals surface area (Å²) in [5.74, 6) is 0. The molecule has 0 fully saturated rings. The third-order valence-electron chi connectivity index (χ3n) is 2.99. The Hall–Kier alpha value is -1.67. The predicted octanol–water partition coefficient (Wildman–Crippen LogP) is 2.49. The van der Waals surface area contributed by atoms with Gasteiger partial charge in [-0.05, 0) is 31.9 Å². The number of rotatable bonds is 8. The average Bonchev–Trinajstić information content (AvgIpc) is 2.44. The first-order valence-electron chi connectivity index (χ1n) is 6.86. The number of hydrogen-bond donors (Lipinski definition) is 2. The van der Waals surface area contributed by atoms with Crippen molar-refractivity contribution in [2.24, 2.45) is 0 Å². The third kappa shape index (κ3) is 4.68. The highest BCUT2D eigenvalue weighted by Crippen LogP contribution is 2.27. The summed E-state index contributed by atoms with van der Waals surface area (Å²) in [6.07, 6.45) is 1.46. The Balaban J connectivity index is 3.20. The van der Waals surface area contributed by atoms with Crippen LogP contribution in [0, 0.1) is 10.1 Å². The molecule has 21 heavy (non-hydrogen) atoms. The zero-order valence-corrected chi connectivity index (χ0v) is 13.2. The van der Waals surface area contributed by atoms with Gasteiger partial charge in [-0.2, -0.15) is 0 Å². The molecule has 0 aliphatic carbocycles. The van der Waals surface area contributed by atoms with Crippen molar-refractivity contribution < 1.29 is 13.3 Å². The quantitative estimate of drug-likeness (QED) is 0.567. The highest BCUT2D eigenvalue weighted by atomic mass is 32.2. The van der Waals surface area contributed by atoms with E-state index >= 15 is 0 Å². The molecule has 0 amide bonds. The highest BCUT2D eigenvalue weighted by Gasteiger charge is 2.27. The van der Waals surface area contributed by atoms with Crippen molar-refractivity contribution in [1.29, 1.82) is 0 Å². The summed E-state index contributed by atoms with van der Waals surface area (Å²) in [6.45, 7) is 6.17. The van der Waals surface area contributed by atoms with Gasteiger partial charge in [0.05, 0.1) is 4.92 Å². The van der Waals surface area contributed by atoms with Gasteiger partial charge in [0.15, 0.2) is 4.90 Å². The lowest BCUT2D eigenvalue weighted by Gasteiger charge is -2.13. The second-order valence-electron chi connectivity index (χ2n) is 4.80. The fourth-order valence-electron chi connectivity index (χ4n) is 1.68. The molecule has 1 unspecified atom stereocenters. The van der Waals surface area contributed by atoms with Gasteiger partial charge < -0.3 is 5.32 Å². The van der Waals surface area contributed by atoms with Gasteiger partial charge in [-0.3, -0.25) is 10.1 Å². The fourth-order valence-corrected chi connectivity index (χ4v) is 3.16. The zero-order valence-electron chi connectivity index (χ0n) is 12.4. The lowest BCUT2D eigenvalue weighted by Crippen LogP contribution is -2.32. The van der Waals surface area contributed by atoms with E-state index < -0.39 is 20.6 Å². The normalized spacial score (nSPS) is 12.9. The molecule has 1 atom stereocenters. The van der Waals surface area contributed by atoms with E-state index in [9.17, 15) is 18.5 Å². The lowest BCUT2D eigenvalue weighted by atomic mass is 10.2. The van der Waals surface area contributed by atoms with Crippen LogP contribution in [0.5, 0.6) is 0 Å². The maximum Gasteiger partial charge on any atom is 0.291 e. The summed E-state index contributed by atoms with van der Waals surface area (Å²) in [5.41, 5.74) is 0.109. The standard InChI is InChI=1S/C13H21N3O4S/c1-4-8-14-11-6-7-13(12(9-11)16(17)18)21(19,20)15-10(3)5-2/h6-7,9-10,14-15H,4-5,8H2,1-3H3. The van der Waals surface area contributed by atoms with Gasteiger partial charge in [-0.25, -0.2) is 13.1 Å². The highest BCUT2D eigenvalue weighted by molar-refractivity contribution is 7.89. The molecular formula is C13H21N3O4S. The first-order valence-corrected chi connectivity index (χ1v) is 8.34. The van der Waals surface area contributed by atoms with E-state index in [-0.39, 0.29) is 10.9 Å². The third-order valence-corrected chi connectivity index (χ3v) is 4.63. The summed E-state index contributed by atoms with van der Waals surface area (Å²) in [6, 6.07) is 3.77. The molecule has 0 bridgehead atoms. The van der Waals surface area contributed by atoms with Crippen LogP contribution >= 0.6 is 0 Å². The monoisotopic (exact) mass is 315 g/mol. The topological polar surface area (TPSA) is 101 Å². The minimum absolute atomic E-state index is 0.285. The van der Waals surface area contributed by atoms with E-state index in [1.54, 1.807) is 6.92 Å². The van der Waals surface area contributed by atoms with E-state index in [4.69, 9.17) is 0 Å². The number of hydrogen-bond acceptors (Lipinski definition) is 5. The molecule has 7 nitrogen and oxygen atoms in total. The van der Waals surface area contributed by atoms with Crippen LogP contribution in [0.3, 0.4) is 0 Å². The first kappa shape index (κ1) is 17.4. The molecule has 0 saturated heterocycles. The van der Waals surface area contributed by atoms with E-state index in [0.29, 0.717) is 18.7 Å². The first-order chi connectivity index (χ1) is 9.81. The molecule has 0 spiro atoms. The van der Waals surface area contributed by atoms with Crippen molar-refractivity contribution in [2.45, 2.75) is 44.6 Å². The molecule has 0 aliphatic rings. The van der Waals surface area contributed by atoms with Gasteiger partial charge in [0.1, 0.15) is 0 Å². The molecule has 0 saturated carbocycles. The Morgan fingerprint density at radius 2 is 2.00 bits per heavy atom. The van der Waals surface area contributed by atoms with Crippen molar-refractivity contribution in [3.05, 3.63) is 28.3 Å². The maximum atomic E-state index is 12.2. The number of nitrogens with zero attached hydrogens (tertiary/aromatic N) is 1. The minimum atomic E-state index is -3.90. The summed E-state index contributed by atoms with van der Waals surface area (Å²) >= 11 is 0. The summed E-state index contributed by atoms with van der Waals surface area (Å²) in [5, 5.41) is 14.1.